The predicted octanol–water partition coefficient (Wildman–Crippen LogP) is 5.63. The first-order chi connectivity index (χ1) is 16.6. The van der Waals surface area contributed by atoms with Crippen molar-refractivity contribution in [2.24, 2.45) is 0 Å². The molecule has 0 fully saturated rings. The molecule has 0 aliphatic carbocycles. The number of benzene rings is 3. The second kappa shape index (κ2) is 9.62. The zero-order chi connectivity index (χ0) is 23.5. The average molecular weight is 485 g/mol. The minimum atomic E-state index is -0.507. The molecule has 0 bridgehead atoms. The highest BCUT2D eigenvalue weighted by molar-refractivity contribution is 8.00. The summed E-state index contributed by atoms with van der Waals surface area (Å²) < 4.78 is 1.56. The molecule has 2 aromatic heterocycles. The van der Waals surface area contributed by atoms with Crippen molar-refractivity contribution in [1.29, 1.82) is 0 Å². The van der Waals surface area contributed by atoms with Gasteiger partial charge >= 0.3 is 0 Å². The van der Waals surface area contributed by atoms with Crippen LogP contribution in [-0.4, -0.2) is 25.7 Å². The van der Waals surface area contributed by atoms with Crippen LogP contribution in [0.3, 0.4) is 0 Å². The Kier molecular flexibility index (Phi) is 6.24. The summed E-state index contributed by atoms with van der Waals surface area (Å²) in [7, 11) is 0. The molecule has 5 aromatic rings. The molecule has 3 aromatic carbocycles. The number of para-hydroxylation sites is 2. The molecule has 0 aliphatic heterocycles. The van der Waals surface area contributed by atoms with Crippen LogP contribution < -0.4 is 10.9 Å². The first-order valence-electron chi connectivity index (χ1n) is 10.7. The molecule has 1 N–H and O–H groups in total. The van der Waals surface area contributed by atoms with E-state index in [1.54, 1.807) is 17.6 Å². The van der Waals surface area contributed by atoms with Gasteiger partial charge in [0.1, 0.15) is 0 Å². The van der Waals surface area contributed by atoms with Crippen LogP contribution in [0.25, 0.3) is 27.8 Å². The van der Waals surface area contributed by atoms with Crippen molar-refractivity contribution in [2.75, 3.05) is 5.32 Å². The molecule has 0 saturated carbocycles. The molecular formula is C26H20N4O2S2. The van der Waals surface area contributed by atoms with Crippen molar-refractivity contribution in [3.63, 3.8) is 0 Å². The number of hydrogen-bond acceptors (Lipinski definition) is 6. The summed E-state index contributed by atoms with van der Waals surface area (Å²) in [5.41, 5.74) is 2.94. The Hall–Kier alpha value is -3.75. The molecule has 8 heteroatoms. The minimum absolute atomic E-state index is 0.167. The third kappa shape index (κ3) is 4.50. The van der Waals surface area contributed by atoms with Crippen LogP contribution in [0.5, 0.6) is 0 Å². The molecule has 1 atom stereocenters. The van der Waals surface area contributed by atoms with Gasteiger partial charge in [-0.25, -0.2) is 9.97 Å². The van der Waals surface area contributed by atoms with Crippen molar-refractivity contribution in [2.45, 2.75) is 17.3 Å². The van der Waals surface area contributed by atoms with Gasteiger partial charge in [-0.15, -0.1) is 11.3 Å². The number of amides is 1. The lowest BCUT2D eigenvalue weighted by Crippen LogP contribution is -2.26. The number of hydrogen-bond donors (Lipinski definition) is 1. The van der Waals surface area contributed by atoms with Crippen LogP contribution in [0.4, 0.5) is 5.13 Å². The van der Waals surface area contributed by atoms with Gasteiger partial charge < -0.3 is 5.32 Å². The van der Waals surface area contributed by atoms with Gasteiger partial charge in [0, 0.05) is 10.9 Å². The molecule has 1 amide bonds. The molecule has 2 heterocycles. The molecule has 0 aliphatic rings. The summed E-state index contributed by atoms with van der Waals surface area (Å²) in [6.45, 7) is 1.79. The Balaban J connectivity index is 1.42. The number of thiazole rings is 1. The van der Waals surface area contributed by atoms with E-state index < -0.39 is 5.25 Å². The van der Waals surface area contributed by atoms with E-state index in [2.05, 4.69) is 10.3 Å². The summed E-state index contributed by atoms with van der Waals surface area (Å²) in [4.78, 5) is 35.6. The van der Waals surface area contributed by atoms with E-state index in [1.807, 2.05) is 84.2 Å². The average Bonchev–Trinajstić information content (AvgIpc) is 3.34. The van der Waals surface area contributed by atoms with Gasteiger partial charge in [-0.3, -0.25) is 14.2 Å². The fourth-order valence-electron chi connectivity index (χ4n) is 3.49. The van der Waals surface area contributed by atoms with E-state index in [-0.39, 0.29) is 11.5 Å². The third-order valence-electron chi connectivity index (χ3n) is 5.21. The summed E-state index contributed by atoms with van der Waals surface area (Å²) >= 11 is 2.62. The van der Waals surface area contributed by atoms with Gasteiger partial charge in [0.25, 0.3) is 5.56 Å². The summed E-state index contributed by atoms with van der Waals surface area (Å²) in [6.07, 6.45) is 0. The van der Waals surface area contributed by atoms with Crippen LogP contribution in [0.1, 0.15) is 6.92 Å². The molecule has 0 spiro atoms. The van der Waals surface area contributed by atoms with Crippen molar-refractivity contribution in [3.8, 4) is 16.9 Å². The van der Waals surface area contributed by atoms with Crippen molar-refractivity contribution < 1.29 is 4.79 Å². The highest BCUT2D eigenvalue weighted by Crippen LogP contribution is 2.28. The van der Waals surface area contributed by atoms with Crippen molar-refractivity contribution in [1.82, 2.24) is 14.5 Å². The fraction of sp³-hybridized carbons (Fsp3) is 0.0769. The fourth-order valence-corrected chi connectivity index (χ4v) is 5.14. The van der Waals surface area contributed by atoms with Gasteiger partial charge in [-0.05, 0) is 31.2 Å². The predicted molar refractivity (Wildman–Crippen MR) is 139 cm³/mol. The van der Waals surface area contributed by atoms with E-state index in [0.29, 0.717) is 26.9 Å². The topological polar surface area (TPSA) is 76.9 Å². The number of carbonyl (C=O) groups excluding carboxylic acids is 1. The lowest BCUT2D eigenvalue weighted by molar-refractivity contribution is -0.115. The molecule has 168 valence electrons. The maximum absolute atomic E-state index is 13.3. The first-order valence-corrected chi connectivity index (χ1v) is 12.4. The second-order valence-electron chi connectivity index (χ2n) is 7.54. The zero-order valence-electron chi connectivity index (χ0n) is 18.2. The lowest BCUT2D eigenvalue weighted by Gasteiger charge is -2.16. The number of rotatable bonds is 6. The number of thioether (sulfide) groups is 1. The van der Waals surface area contributed by atoms with E-state index in [1.165, 1.54) is 23.1 Å². The molecule has 0 radical (unpaired) electrons. The Morgan fingerprint density at radius 1 is 0.941 bits per heavy atom. The zero-order valence-corrected chi connectivity index (χ0v) is 19.8. The Morgan fingerprint density at radius 3 is 2.38 bits per heavy atom. The summed E-state index contributed by atoms with van der Waals surface area (Å²) in [6, 6.07) is 26.4. The van der Waals surface area contributed by atoms with Gasteiger partial charge in [0.15, 0.2) is 10.3 Å². The SMILES string of the molecule is CC(Sc1nc2ccccc2c(=O)n1-c1ccccc1)C(=O)Nc1nc(-c2ccccc2)cs1. The summed E-state index contributed by atoms with van der Waals surface area (Å²) in [5, 5.41) is 5.83. The number of anilines is 1. The Morgan fingerprint density at radius 2 is 1.62 bits per heavy atom. The first kappa shape index (κ1) is 22.1. The number of nitrogens with zero attached hydrogens (tertiary/aromatic N) is 3. The lowest BCUT2D eigenvalue weighted by atomic mass is 10.2. The number of fused-ring (bicyclic) bond motifs is 1. The van der Waals surface area contributed by atoms with Crippen LogP contribution in [-0.2, 0) is 4.79 Å². The van der Waals surface area contributed by atoms with Crippen LogP contribution in [0, 0.1) is 0 Å². The van der Waals surface area contributed by atoms with E-state index in [4.69, 9.17) is 4.98 Å². The maximum Gasteiger partial charge on any atom is 0.266 e. The smallest absolute Gasteiger partial charge is 0.266 e. The quantitative estimate of drug-likeness (QED) is 0.250. The third-order valence-corrected chi connectivity index (χ3v) is 7.02. The van der Waals surface area contributed by atoms with E-state index in [9.17, 15) is 9.59 Å². The maximum atomic E-state index is 13.3. The van der Waals surface area contributed by atoms with Gasteiger partial charge in [-0.1, -0.05) is 72.4 Å². The normalized spacial score (nSPS) is 11.9. The minimum Gasteiger partial charge on any atom is -0.301 e. The van der Waals surface area contributed by atoms with Crippen LogP contribution in [0.2, 0.25) is 0 Å². The molecular weight excluding hydrogens is 464 g/mol. The van der Waals surface area contributed by atoms with E-state index >= 15 is 0 Å². The van der Waals surface area contributed by atoms with Gasteiger partial charge in [0.2, 0.25) is 5.91 Å². The Bertz CT molecular complexity index is 1510. The van der Waals surface area contributed by atoms with Crippen molar-refractivity contribution >= 4 is 45.0 Å². The Labute approximate surface area is 204 Å². The molecule has 5 rings (SSSR count). The van der Waals surface area contributed by atoms with E-state index in [0.717, 1.165) is 11.3 Å². The number of aromatic nitrogens is 3. The highest BCUT2D eigenvalue weighted by atomic mass is 32.2. The molecule has 34 heavy (non-hydrogen) atoms. The summed E-state index contributed by atoms with van der Waals surface area (Å²) in [5.74, 6) is -0.207. The molecule has 1 unspecified atom stereocenters. The number of nitrogens with one attached hydrogen (secondary N) is 1. The molecule has 0 saturated heterocycles. The monoisotopic (exact) mass is 484 g/mol. The van der Waals surface area contributed by atoms with Crippen LogP contribution in [0.15, 0.2) is 100 Å². The van der Waals surface area contributed by atoms with Crippen molar-refractivity contribution in [3.05, 3.63) is 101 Å². The second-order valence-corrected chi connectivity index (χ2v) is 9.71. The van der Waals surface area contributed by atoms with Gasteiger partial charge in [0.05, 0.1) is 27.5 Å². The largest absolute Gasteiger partial charge is 0.301 e. The van der Waals surface area contributed by atoms with Gasteiger partial charge in [-0.2, -0.15) is 0 Å². The van der Waals surface area contributed by atoms with Crippen LogP contribution >= 0.6 is 23.1 Å². The highest BCUT2D eigenvalue weighted by Gasteiger charge is 2.21. The molecule has 6 nitrogen and oxygen atoms in total. The standard InChI is InChI=1S/C26H20N4O2S2/c1-17(23(31)29-25-27-22(16-33-25)18-10-4-2-5-11-18)34-26-28-21-15-9-8-14-20(21)24(32)30(26)19-12-6-3-7-13-19/h2-17H,1H3,(H,27,29,31). The number of carbonyl (C=O) groups is 1.